The number of hydrogen-bond donors (Lipinski definition) is 1. The SMILES string of the molecule is CC[C@@H](O)c1ccccc1N1CC=C(C(C)(C)C)CC1. The summed E-state index contributed by atoms with van der Waals surface area (Å²) in [6, 6.07) is 8.25. The van der Waals surface area contributed by atoms with Crippen molar-refractivity contribution in [2.24, 2.45) is 5.41 Å². The Bertz CT molecular complexity index is 484. The molecule has 2 rings (SSSR count). The Balaban J connectivity index is 2.21. The first kappa shape index (κ1) is 15.1. The van der Waals surface area contributed by atoms with E-state index in [1.54, 1.807) is 5.57 Å². The highest BCUT2D eigenvalue weighted by Crippen LogP contribution is 2.34. The summed E-state index contributed by atoms with van der Waals surface area (Å²) in [5, 5.41) is 10.2. The molecule has 1 N–H and O–H groups in total. The van der Waals surface area contributed by atoms with Gasteiger partial charge >= 0.3 is 0 Å². The lowest BCUT2D eigenvalue weighted by Crippen LogP contribution is -2.32. The van der Waals surface area contributed by atoms with Gasteiger partial charge in [-0.2, -0.15) is 0 Å². The van der Waals surface area contributed by atoms with Crippen LogP contribution in [0.3, 0.4) is 0 Å². The molecule has 0 aromatic heterocycles. The van der Waals surface area contributed by atoms with E-state index in [1.165, 1.54) is 5.69 Å². The van der Waals surface area contributed by atoms with Crippen LogP contribution in [-0.2, 0) is 0 Å². The summed E-state index contributed by atoms with van der Waals surface area (Å²) >= 11 is 0. The van der Waals surface area contributed by atoms with E-state index in [-0.39, 0.29) is 11.5 Å². The Labute approximate surface area is 123 Å². The van der Waals surface area contributed by atoms with Gasteiger partial charge in [0, 0.05) is 24.3 Å². The van der Waals surface area contributed by atoms with Crippen molar-refractivity contribution < 1.29 is 5.11 Å². The summed E-state index contributed by atoms with van der Waals surface area (Å²) in [5.41, 5.74) is 4.06. The molecule has 2 heteroatoms. The quantitative estimate of drug-likeness (QED) is 0.829. The van der Waals surface area contributed by atoms with Crippen molar-refractivity contribution in [2.75, 3.05) is 18.0 Å². The minimum Gasteiger partial charge on any atom is -0.388 e. The largest absolute Gasteiger partial charge is 0.388 e. The van der Waals surface area contributed by atoms with E-state index in [0.717, 1.165) is 31.5 Å². The topological polar surface area (TPSA) is 23.5 Å². The lowest BCUT2D eigenvalue weighted by molar-refractivity contribution is 0.174. The first-order valence-corrected chi connectivity index (χ1v) is 7.65. The summed E-state index contributed by atoms with van der Waals surface area (Å²) in [7, 11) is 0. The van der Waals surface area contributed by atoms with Crippen molar-refractivity contribution >= 4 is 5.69 Å². The van der Waals surface area contributed by atoms with Crippen LogP contribution in [0.1, 0.15) is 52.2 Å². The molecule has 0 radical (unpaired) electrons. The van der Waals surface area contributed by atoms with Crippen molar-refractivity contribution in [2.45, 2.75) is 46.6 Å². The summed E-state index contributed by atoms with van der Waals surface area (Å²) in [5.74, 6) is 0. The minimum absolute atomic E-state index is 0.272. The molecule has 2 nitrogen and oxygen atoms in total. The highest BCUT2D eigenvalue weighted by atomic mass is 16.3. The van der Waals surface area contributed by atoms with E-state index in [4.69, 9.17) is 0 Å². The van der Waals surface area contributed by atoms with Crippen molar-refractivity contribution in [1.82, 2.24) is 0 Å². The number of benzene rings is 1. The fourth-order valence-electron chi connectivity index (χ4n) is 2.85. The molecule has 0 bridgehead atoms. The average molecular weight is 273 g/mol. The second-order valence-electron chi connectivity index (χ2n) is 6.66. The zero-order chi connectivity index (χ0) is 14.8. The van der Waals surface area contributed by atoms with Crippen LogP contribution in [0.15, 0.2) is 35.9 Å². The normalized spacial score (nSPS) is 17.9. The Morgan fingerprint density at radius 1 is 1.25 bits per heavy atom. The minimum atomic E-state index is -0.362. The van der Waals surface area contributed by atoms with E-state index in [1.807, 2.05) is 19.1 Å². The molecule has 1 aromatic rings. The molecule has 1 aliphatic rings. The van der Waals surface area contributed by atoms with Crippen LogP contribution >= 0.6 is 0 Å². The number of nitrogens with zero attached hydrogens (tertiary/aromatic N) is 1. The van der Waals surface area contributed by atoms with Crippen molar-refractivity contribution in [3.05, 3.63) is 41.5 Å². The lowest BCUT2D eigenvalue weighted by Gasteiger charge is -2.35. The van der Waals surface area contributed by atoms with Gasteiger partial charge in [-0.25, -0.2) is 0 Å². The molecule has 0 saturated heterocycles. The van der Waals surface area contributed by atoms with E-state index >= 15 is 0 Å². The molecule has 1 atom stereocenters. The van der Waals surface area contributed by atoms with Gasteiger partial charge in [0.2, 0.25) is 0 Å². The van der Waals surface area contributed by atoms with Crippen LogP contribution < -0.4 is 4.90 Å². The fourth-order valence-corrected chi connectivity index (χ4v) is 2.85. The molecule has 1 aliphatic heterocycles. The molecular formula is C18H27NO. The van der Waals surface area contributed by atoms with Gasteiger partial charge in [-0.1, -0.05) is 57.5 Å². The Morgan fingerprint density at radius 2 is 1.95 bits per heavy atom. The van der Waals surface area contributed by atoms with Gasteiger partial charge < -0.3 is 10.0 Å². The van der Waals surface area contributed by atoms with Gasteiger partial charge in [0.15, 0.2) is 0 Å². The second kappa shape index (κ2) is 6.01. The maximum Gasteiger partial charge on any atom is 0.0807 e. The molecule has 1 heterocycles. The van der Waals surface area contributed by atoms with Crippen molar-refractivity contribution in [3.63, 3.8) is 0 Å². The van der Waals surface area contributed by atoms with Crippen LogP contribution in [0.5, 0.6) is 0 Å². The fraction of sp³-hybridized carbons (Fsp3) is 0.556. The lowest BCUT2D eigenvalue weighted by atomic mass is 9.83. The monoisotopic (exact) mass is 273 g/mol. The summed E-state index contributed by atoms with van der Waals surface area (Å²) < 4.78 is 0. The van der Waals surface area contributed by atoms with Crippen LogP contribution in [0, 0.1) is 5.41 Å². The van der Waals surface area contributed by atoms with Crippen LogP contribution in [0.4, 0.5) is 5.69 Å². The van der Waals surface area contributed by atoms with Crippen molar-refractivity contribution in [1.29, 1.82) is 0 Å². The number of rotatable bonds is 3. The van der Waals surface area contributed by atoms with Gasteiger partial charge in [-0.05, 0) is 24.3 Å². The molecule has 0 spiro atoms. The maximum absolute atomic E-state index is 10.2. The number of aliphatic hydroxyl groups is 1. The first-order valence-electron chi connectivity index (χ1n) is 7.65. The highest BCUT2D eigenvalue weighted by Gasteiger charge is 2.23. The highest BCUT2D eigenvalue weighted by molar-refractivity contribution is 5.56. The third-order valence-corrected chi connectivity index (χ3v) is 4.20. The number of aliphatic hydroxyl groups excluding tert-OH is 1. The molecule has 20 heavy (non-hydrogen) atoms. The average Bonchev–Trinajstić information content (AvgIpc) is 2.45. The van der Waals surface area contributed by atoms with Gasteiger partial charge in [0.25, 0.3) is 0 Å². The van der Waals surface area contributed by atoms with Gasteiger partial charge in [0.1, 0.15) is 0 Å². The summed E-state index contributed by atoms with van der Waals surface area (Å²) in [6.07, 6.45) is 3.87. The molecule has 0 unspecified atom stereocenters. The third kappa shape index (κ3) is 3.24. The van der Waals surface area contributed by atoms with Crippen molar-refractivity contribution in [3.8, 4) is 0 Å². The maximum atomic E-state index is 10.2. The number of hydrogen-bond acceptors (Lipinski definition) is 2. The Morgan fingerprint density at radius 3 is 2.50 bits per heavy atom. The summed E-state index contributed by atoms with van der Waals surface area (Å²) in [4.78, 5) is 2.38. The predicted octanol–water partition coefficient (Wildman–Crippen LogP) is 4.31. The van der Waals surface area contributed by atoms with E-state index in [9.17, 15) is 5.11 Å². The Hall–Kier alpha value is -1.28. The third-order valence-electron chi connectivity index (χ3n) is 4.20. The summed E-state index contributed by atoms with van der Waals surface area (Å²) in [6.45, 7) is 10.8. The number of para-hydroxylation sites is 1. The molecule has 0 aliphatic carbocycles. The second-order valence-corrected chi connectivity index (χ2v) is 6.66. The molecule has 0 amide bonds. The van der Waals surface area contributed by atoms with E-state index < -0.39 is 0 Å². The van der Waals surface area contributed by atoms with Gasteiger partial charge in [-0.3, -0.25) is 0 Å². The zero-order valence-corrected chi connectivity index (χ0v) is 13.2. The standard InChI is InChI=1S/C18H27NO/c1-5-17(20)15-8-6-7-9-16(15)19-12-10-14(11-13-19)18(2,3)4/h6-10,17,20H,5,11-13H2,1-4H3/t17-/m1/s1. The van der Waals surface area contributed by atoms with Crippen LogP contribution in [0.25, 0.3) is 0 Å². The smallest absolute Gasteiger partial charge is 0.0807 e. The molecule has 0 fully saturated rings. The Kier molecular flexibility index (Phi) is 4.54. The van der Waals surface area contributed by atoms with Crippen LogP contribution in [0.2, 0.25) is 0 Å². The molecule has 110 valence electrons. The van der Waals surface area contributed by atoms with Gasteiger partial charge in [-0.15, -0.1) is 0 Å². The molecular weight excluding hydrogens is 246 g/mol. The molecule has 1 aromatic carbocycles. The van der Waals surface area contributed by atoms with Gasteiger partial charge in [0.05, 0.1) is 6.10 Å². The van der Waals surface area contributed by atoms with E-state index in [0.29, 0.717) is 0 Å². The first-order chi connectivity index (χ1) is 9.43. The number of anilines is 1. The predicted molar refractivity (Wildman–Crippen MR) is 86.1 cm³/mol. The zero-order valence-electron chi connectivity index (χ0n) is 13.2. The molecule has 0 saturated carbocycles. The van der Waals surface area contributed by atoms with Crippen LogP contribution in [-0.4, -0.2) is 18.2 Å². The van der Waals surface area contributed by atoms with E-state index in [2.05, 4.69) is 43.9 Å².